The normalized spacial score (nSPS) is 13.2. The largest absolute Gasteiger partial charge is 0.398 e. The topological polar surface area (TPSA) is 98.7 Å². The van der Waals surface area contributed by atoms with Crippen LogP contribution in [0.1, 0.15) is 34.7 Å². The molecule has 0 radical (unpaired) electrons. The minimum atomic E-state index is -0.409. The van der Waals surface area contributed by atoms with Gasteiger partial charge in [0.05, 0.1) is 39.9 Å². The third kappa shape index (κ3) is 4.27. The lowest BCUT2D eigenvalue weighted by molar-refractivity contribution is 0.102. The summed E-state index contributed by atoms with van der Waals surface area (Å²) < 4.78 is 13.5. The standard InChI is InChI=1S/C23H17Cl2FN6O/c24-19-10-17(15-4-3-13(26)7-21(15)27)16(12-1-2-12)9-18(19)23(33)31-14-8-20(25)22(28-11-14)32-29-5-6-30-32/h3-12H,1-2,27H2,(H,31,33). The zero-order chi connectivity index (χ0) is 23.1. The molecule has 166 valence electrons. The quantitative estimate of drug-likeness (QED) is 0.366. The van der Waals surface area contributed by atoms with Crippen LogP contribution in [0.2, 0.25) is 10.0 Å². The molecule has 1 aliphatic carbocycles. The van der Waals surface area contributed by atoms with Crippen LogP contribution in [0.15, 0.2) is 55.0 Å². The molecule has 10 heteroatoms. The van der Waals surface area contributed by atoms with E-state index in [0.717, 1.165) is 24.0 Å². The number of aromatic nitrogens is 4. The Morgan fingerprint density at radius 2 is 1.82 bits per heavy atom. The van der Waals surface area contributed by atoms with Crippen molar-refractivity contribution in [1.82, 2.24) is 20.0 Å². The predicted octanol–water partition coefficient (Wildman–Crippen LogP) is 5.49. The van der Waals surface area contributed by atoms with E-state index in [1.165, 1.54) is 35.5 Å². The molecule has 4 aromatic rings. The van der Waals surface area contributed by atoms with Gasteiger partial charge in [-0.2, -0.15) is 10.2 Å². The molecule has 0 aliphatic heterocycles. The number of nitrogens with two attached hydrogens (primary N) is 1. The van der Waals surface area contributed by atoms with Gasteiger partial charge in [-0.15, -0.1) is 4.80 Å². The number of nitrogens with zero attached hydrogens (tertiary/aromatic N) is 4. The molecule has 0 atom stereocenters. The molecule has 2 aromatic heterocycles. The van der Waals surface area contributed by atoms with Crippen molar-refractivity contribution in [2.45, 2.75) is 18.8 Å². The maximum Gasteiger partial charge on any atom is 0.257 e. The van der Waals surface area contributed by atoms with Gasteiger partial charge in [0.1, 0.15) is 5.82 Å². The zero-order valence-electron chi connectivity index (χ0n) is 17.1. The fourth-order valence-electron chi connectivity index (χ4n) is 3.68. The molecular weight excluding hydrogens is 466 g/mol. The van der Waals surface area contributed by atoms with Gasteiger partial charge < -0.3 is 11.1 Å². The lowest BCUT2D eigenvalue weighted by atomic mass is 9.93. The average Bonchev–Trinajstić information content (AvgIpc) is 3.47. The average molecular weight is 483 g/mol. The fraction of sp³-hybridized carbons (Fsp3) is 0.130. The minimum absolute atomic E-state index is 0.257. The van der Waals surface area contributed by atoms with Crippen molar-refractivity contribution in [1.29, 1.82) is 0 Å². The van der Waals surface area contributed by atoms with Crippen molar-refractivity contribution >= 4 is 40.5 Å². The van der Waals surface area contributed by atoms with E-state index in [-0.39, 0.29) is 10.0 Å². The summed E-state index contributed by atoms with van der Waals surface area (Å²) in [6.45, 7) is 0. The molecule has 2 heterocycles. The van der Waals surface area contributed by atoms with Crippen molar-refractivity contribution in [3.63, 3.8) is 0 Å². The molecule has 1 saturated carbocycles. The van der Waals surface area contributed by atoms with Crippen molar-refractivity contribution in [2.75, 3.05) is 11.1 Å². The smallest absolute Gasteiger partial charge is 0.257 e. The number of hydrogen-bond donors (Lipinski definition) is 2. The van der Waals surface area contributed by atoms with E-state index in [1.807, 2.05) is 0 Å². The summed E-state index contributed by atoms with van der Waals surface area (Å²) >= 11 is 12.8. The van der Waals surface area contributed by atoms with Crippen LogP contribution < -0.4 is 11.1 Å². The van der Waals surface area contributed by atoms with E-state index < -0.39 is 11.7 Å². The van der Waals surface area contributed by atoms with Gasteiger partial charge in [-0.25, -0.2) is 9.37 Å². The molecule has 1 aliphatic rings. The first-order valence-corrected chi connectivity index (χ1v) is 10.9. The highest BCUT2D eigenvalue weighted by Gasteiger charge is 2.29. The number of hydrogen-bond acceptors (Lipinski definition) is 5. The number of pyridine rings is 1. The molecule has 1 amide bonds. The fourth-order valence-corrected chi connectivity index (χ4v) is 4.17. The Bertz CT molecular complexity index is 1370. The summed E-state index contributed by atoms with van der Waals surface area (Å²) in [5.41, 5.74) is 9.54. The van der Waals surface area contributed by atoms with Crippen LogP contribution in [0.5, 0.6) is 0 Å². The van der Waals surface area contributed by atoms with E-state index in [4.69, 9.17) is 28.9 Å². The third-order valence-electron chi connectivity index (χ3n) is 5.39. The van der Waals surface area contributed by atoms with Crippen LogP contribution in [0.3, 0.4) is 0 Å². The summed E-state index contributed by atoms with van der Waals surface area (Å²) in [6.07, 6.45) is 6.48. The van der Waals surface area contributed by atoms with Gasteiger partial charge in [0.15, 0.2) is 5.82 Å². The Morgan fingerprint density at radius 3 is 2.48 bits per heavy atom. The summed E-state index contributed by atoms with van der Waals surface area (Å²) in [6, 6.07) is 9.33. The van der Waals surface area contributed by atoms with Gasteiger partial charge in [-0.3, -0.25) is 4.79 Å². The lowest BCUT2D eigenvalue weighted by Crippen LogP contribution is -2.14. The molecule has 2 aromatic carbocycles. The van der Waals surface area contributed by atoms with Crippen LogP contribution in [-0.4, -0.2) is 25.9 Å². The van der Waals surface area contributed by atoms with E-state index in [1.54, 1.807) is 24.3 Å². The molecular formula is C23H17Cl2FN6O. The number of carbonyl (C=O) groups is 1. The Labute approximate surface area is 198 Å². The Morgan fingerprint density at radius 1 is 1.06 bits per heavy atom. The second kappa shape index (κ2) is 8.46. The number of carbonyl (C=O) groups excluding carboxylic acids is 1. The van der Waals surface area contributed by atoms with E-state index in [2.05, 4.69) is 20.5 Å². The van der Waals surface area contributed by atoms with Crippen molar-refractivity contribution in [3.05, 3.63) is 82.0 Å². The van der Waals surface area contributed by atoms with E-state index >= 15 is 0 Å². The first-order chi connectivity index (χ1) is 15.9. The maximum atomic E-state index is 13.5. The molecule has 7 nitrogen and oxygen atoms in total. The van der Waals surface area contributed by atoms with Gasteiger partial charge in [0.25, 0.3) is 5.91 Å². The summed E-state index contributed by atoms with van der Waals surface area (Å²) in [4.78, 5) is 18.6. The number of halogens is 3. The first kappa shape index (κ1) is 21.4. The molecule has 5 rings (SSSR count). The number of amides is 1. The first-order valence-electron chi connectivity index (χ1n) is 10.1. The monoisotopic (exact) mass is 482 g/mol. The number of rotatable bonds is 5. The predicted molar refractivity (Wildman–Crippen MR) is 125 cm³/mol. The molecule has 0 saturated heterocycles. The molecule has 0 bridgehead atoms. The van der Waals surface area contributed by atoms with Gasteiger partial charge >= 0.3 is 0 Å². The van der Waals surface area contributed by atoms with Crippen molar-refractivity contribution < 1.29 is 9.18 Å². The van der Waals surface area contributed by atoms with Crippen molar-refractivity contribution in [2.24, 2.45) is 0 Å². The van der Waals surface area contributed by atoms with Crippen LogP contribution >= 0.6 is 23.2 Å². The van der Waals surface area contributed by atoms with Gasteiger partial charge in [-0.05, 0) is 66.3 Å². The third-order valence-corrected chi connectivity index (χ3v) is 5.98. The highest BCUT2D eigenvalue weighted by molar-refractivity contribution is 6.35. The van der Waals surface area contributed by atoms with Crippen LogP contribution in [0.4, 0.5) is 15.8 Å². The minimum Gasteiger partial charge on any atom is -0.398 e. The summed E-state index contributed by atoms with van der Waals surface area (Å²) in [7, 11) is 0. The summed E-state index contributed by atoms with van der Waals surface area (Å²) in [5, 5.41) is 11.3. The van der Waals surface area contributed by atoms with Crippen LogP contribution in [0.25, 0.3) is 16.9 Å². The molecule has 3 N–H and O–H groups in total. The van der Waals surface area contributed by atoms with E-state index in [0.29, 0.717) is 34.2 Å². The lowest BCUT2D eigenvalue weighted by Gasteiger charge is -2.15. The van der Waals surface area contributed by atoms with Gasteiger partial charge in [0.2, 0.25) is 0 Å². The highest BCUT2D eigenvalue weighted by atomic mass is 35.5. The molecule has 1 fully saturated rings. The van der Waals surface area contributed by atoms with Crippen LogP contribution in [0, 0.1) is 5.82 Å². The number of anilines is 2. The van der Waals surface area contributed by atoms with Gasteiger partial charge in [0, 0.05) is 11.3 Å². The molecule has 33 heavy (non-hydrogen) atoms. The maximum absolute atomic E-state index is 13.5. The SMILES string of the molecule is Nc1cc(F)ccc1-c1cc(Cl)c(C(=O)Nc2cnc(-n3nccn3)c(Cl)c2)cc1C1CC1. The zero-order valence-corrected chi connectivity index (χ0v) is 18.6. The van der Waals surface area contributed by atoms with Crippen molar-refractivity contribution in [3.8, 4) is 16.9 Å². The Hall–Kier alpha value is -3.49. The Balaban J connectivity index is 1.46. The number of nitrogens with one attached hydrogen (secondary N) is 1. The second-order valence-electron chi connectivity index (χ2n) is 7.73. The Kier molecular flexibility index (Phi) is 5.47. The number of nitrogen functional groups attached to an aromatic ring is 1. The highest BCUT2D eigenvalue weighted by Crippen LogP contribution is 2.47. The molecule has 0 spiro atoms. The van der Waals surface area contributed by atoms with E-state index in [9.17, 15) is 9.18 Å². The second-order valence-corrected chi connectivity index (χ2v) is 8.54. The number of benzene rings is 2. The van der Waals surface area contributed by atoms with Crippen LogP contribution in [-0.2, 0) is 0 Å². The molecule has 0 unspecified atom stereocenters. The van der Waals surface area contributed by atoms with Gasteiger partial charge in [-0.1, -0.05) is 23.2 Å². The summed E-state index contributed by atoms with van der Waals surface area (Å²) in [5.74, 6) is -0.170.